The molecule has 3 unspecified atom stereocenters. The Morgan fingerprint density at radius 3 is 2.44 bits per heavy atom. The van der Waals surface area contributed by atoms with E-state index in [0.29, 0.717) is 12.1 Å². The van der Waals surface area contributed by atoms with E-state index in [1.54, 1.807) is 11.1 Å². The minimum absolute atomic E-state index is 0.591. The van der Waals surface area contributed by atoms with Crippen LogP contribution in [0, 0.1) is 5.92 Å². The maximum atomic E-state index is 3.90. The highest BCUT2D eigenvalue weighted by Gasteiger charge is 2.29. The minimum atomic E-state index is 0.591. The van der Waals surface area contributed by atoms with Gasteiger partial charge >= 0.3 is 0 Å². The molecule has 0 amide bonds. The quantitative estimate of drug-likeness (QED) is 0.829. The lowest BCUT2D eigenvalue weighted by Crippen LogP contribution is -2.40. The van der Waals surface area contributed by atoms with Crippen LogP contribution >= 0.6 is 0 Å². The first kappa shape index (κ1) is 12.2. The van der Waals surface area contributed by atoms with Gasteiger partial charge in [-0.2, -0.15) is 0 Å². The van der Waals surface area contributed by atoms with E-state index in [0.717, 1.165) is 11.8 Å². The fourth-order valence-corrected chi connectivity index (χ4v) is 3.57. The molecule has 2 aliphatic rings. The molecule has 0 saturated heterocycles. The first-order valence-electron chi connectivity index (χ1n) is 7.60. The van der Waals surface area contributed by atoms with Gasteiger partial charge < -0.3 is 5.32 Å². The zero-order chi connectivity index (χ0) is 12.5. The van der Waals surface area contributed by atoms with Crippen molar-refractivity contribution in [3.8, 4) is 0 Å². The molecule has 1 fully saturated rings. The van der Waals surface area contributed by atoms with Gasteiger partial charge in [-0.3, -0.25) is 0 Å². The molecule has 1 nitrogen and oxygen atoms in total. The zero-order valence-electron chi connectivity index (χ0n) is 11.7. The lowest BCUT2D eigenvalue weighted by Gasteiger charge is -2.37. The molecule has 0 radical (unpaired) electrons. The van der Waals surface area contributed by atoms with E-state index < -0.39 is 0 Å². The molecule has 0 aliphatic heterocycles. The van der Waals surface area contributed by atoms with Gasteiger partial charge in [0.1, 0.15) is 0 Å². The van der Waals surface area contributed by atoms with E-state index >= 15 is 0 Å². The Hall–Kier alpha value is -0.820. The lowest BCUT2D eigenvalue weighted by molar-refractivity contribution is 0.219. The number of hydrogen-bond donors (Lipinski definition) is 1. The Bertz CT molecular complexity index is 408. The molecule has 98 valence electrons. The smallest absolute Gasteiger partial charge is 0.0325 e. The first-order valence-corrected chi connectivity index (χ1v) is 7.60. The summed E-state index contributed by atoms with van der Waals surface area (Å²) in [5, 5.41) is 3.90. The molecule has 0 bridgehead atoms. The van der Waals surface area contributed by atoms with Crippen molar-refractivity contribution < 1.29 is 0 Å². The van der Waals surface area contributed by atoms with E-state index in [-0.39, 0.29) is 0 Å². The molecule has 3 atom stereocenters. The van der Waals surface area contributed by atoms with Crippen LogP contribution in [0.5, 0.6) is 0 Å². The maximum Gasteiger partial charge on any atom is 0.0325 e. The van der Waals surface area contributed by atoms with Gasteiger partial charge in [-0.05, 0) is 55.6 Å². The van der Waals surface area contributed by atoms with Crippen molar-refractivity contribution in [2.75, 3.05) is 0 Å². The highest BCUT2D eigenvalue weighted by molar-refractivity contribution is 5.35. The van der Waals surface area contributed by atoms with Crippen molar-refractivity contribution >= 4 is 0 Å². The van der Waals surface area contributed by atoms with Crippen LogP contribution < -0.4 is 5.32 Å². The monoisotopic (exact) mass is 243 g/mol. The van der Waals surface area contributed by atoms with Crippen LogP contribution in [0.4, 0.5) is 0 Å². The van der Waals surface area contributed by atoms with Crippen LogP contribution in [0.15, 0.2) is 24.3 Å². The van der Waals surface area contributed by atoms with Crippen LogP contribution in [0.1, 0.15) is 69.0 Å². The van der Waals surface area contributed by atoms with Gasteiger partial charge in [-0.1, -0.05) is 37.6 Å². The average Bonchev–Trinajstić information content (AvgIpc) is 2.31. The maximum absolute atomic E-state index is 3.90. The highest BCUT2D eigenvalue weighted by atomic mass is 15.0. The zero-order valence-corrected chi connectivity index (χ0v) is 11.7. The molecule has 0 heterocycles. The van der Waals surface area contributed by atoms with Gasteiger partial charge in [0.25, 0.3) is 0 Å². The van der Waals surface area contributed by atoms with E-state index in [9.17, 15) is 0 Å². The molecule has 1 heteroatoms. The van der Waals surface area contributed by atoms with E-state index in [2.05, 4.69) is 43.4 Å². The Morgan fingerprint density at radius 2 is 1.78 bits per heavy atom. The summed E-state index contributed by atoms with van der Waals surface area (Å²) in [6, 6.07) is 10.3. The Balaban J connectivity index is 1.75. The molecule has 18 heavy (non-hydrogen) atoms. The number of nitrogens with one attached hydrogen (secondary N) is 1. The van der Waals surface area contributed by atoms with Gasteiger partial charge in [-0.25, -0.2) is 0 Å². The van der Waals surface area contributed by atoms with Gasteiger partial charge in [0.15, 0.2) is 0 Å². The molecule has 1 saturated carbocycles. The van der Waals surface area contributed by atoms with Crippen LogP contribution in [0.2, 0.25) is 0 Å². The number of fused-ring (bicyclic) bond motifs is 1. The molecule has 3 rings (SSSR count). The topological polar surface area (TPSA) is 12.0 Å². The van der Waals surface area contributed by atoms with Crippen molar-refractivity contribution in [3.63, 3.8) is 0 Å². The third-order valence-electron chi connectivity index (χ3n) is 5.11. The molecule has 2 aliphatic carbocycles. The van der Waals surface area contributed by atoms with Crippen molar-refractivity contribution in [3.05, 3.63) is 35.4 Å². The second-order valence-electron chi connectivity index (χ2n) is 6.31. The molecular formula is C17H25N. The van der Waals surface area contributed by atoms with E-state index in [4.69, 9.17) is 0 Å². The molecule has 0 aromatic heterocycles. The van der Waals surface area contributed by atoms with Crippen molar-refractivity contribution in [1.29, 1.82) is 0 Å². The van der Waals surface area contributed by atoms with Gasteiger partial charge in [0.05, 0.1) is 0 Å². The summed E-state index contributed by atoms with van der Waals surface area (Å²) in [7, 11) is 0. The lowest BCUT2D eigenvalue weighted by atomic mass is 9.78. The Morgan fingerprint density at radius 1 is 1.06 bits per heavy atom. The molecule has 1 aromatic rings. The largest absolute Gasteiger partial charge is 0.307 e. The van der Waals surface area contributed by atoms with Crippen molar-refractivity contribution in [2.45, 2.75) is 64.0 Å². The van der Waals surface area contributed by atoms with Crippen LogP contribution in [-0.2, 0) is 0 Å². The van der Waals surface area contributed by atoms with Gasteiger partial charge in [0.2, 0.25) is 0 Å². The van der Waals surface area contributed by atoms with E-state index in [1.165, 1.54) is 32.1 Å². The third-order valence-corrected chi connectivity index (χ3v) is 5.11. The summed E-state index contributed by atoms with van der Waals surface area (Å²) in [5.41, 5.74) is 3.13. The van der Waals surface area contributed by atoms with Gasteiger partial charge in [0, 0.05) is 12.1 Å². The fraction of sp³-hybridized carbons (Fsp3) is 0.647. The van der Waals surface area contributed by atoms with Crippen molar-refractivity contribution in [2.24, 2.45) is 5.92 Å². The predicted octanol–water partition coefficient (Wildman–Crippen LogP) is 4.40. The minimum Gasteiger partial charge on any atom is -0.307 e. The Labute approximate surface area is 111 Å². The summed E-state index contributed by atoms with van der Waals surface area (Å²) < 4.78 is 0. The van der Waals surface area contributed by atoms with Crippen LogP contribution in [-0.4, -0.2) is 6.04 Å². The normalized spacial score (nSPS) is 29.4. The summed E-state index contributed by atoms with van der Waals surface area (Å²) >= 11 is 0. The predicted molar refractivity (Wildman–Crippen MR) is 76.8 cm³/mol. The summed E-state index contributed by atoms with van der Waals surface area (Å²) in [5.74, 6) is 1.66. The Kier molecular flexibility index (Phi) is 3.43. The average molecular weight is 243 g/mol. The fourth-order valence-electron chi connectivity index (χ4n) is 3.57. The SMILES string of the molecule is CC1CCC(NC(C)C2CCC2)c2ccccc21. The number of benzene rings is 1. The second-order valence-corrected chi connectivity index (χ2v) is 6.31. The molecular weight excluding hydrogens is 218 g/mol. The van der Waals surface area contributed by atoms with Crippen LogP contribution in [0.3, 0.4) is 0 Å². The molecule has 0 spiro atoms. The first-order chi connectivity index (χ1) is 8.75. The summed E-state index contributed by atoms with van der Waals surface area (Å²) in [6.07, 6.45) is 6.92. The highest BCUT2D eigenvalue weighted by Crippen LogP contribution is 2.38. The van der Waals surface area contributed by atoms with Crippen LogP contribution in [0.25, 0.3) is 0 Å². The molecule has 1 N–H and O–H groups in total. The summed E-state index contributed by atoms with van der Waals surface area (Å²) in [4.78, 5) is 0. The number of hydrogen-bond acceptors (Lipinski definition) is 1. The summed E-state index contributed by atoms with van der Waals surface area (Å²) in [6.45, 7) is 4.74. The van der Waals surface area contributed by atoms with Gasteiger partial charge in [-0.15, -0.1) is 0 Å². The van der Waals surface area contributed by atoms with E-state index in [1.807, 2.05) is 0 Å². The third kappa shape index (κ3) is 2.21. The van der Waals surface area contributed by atoms with Crippen molar-refractivity contribution in [1.82, 2.24) is 5.32 Å². The number of rotatable bonds is 3. The molecule has 1 aromatic carbocycles. The second kappa shape index (κ2) is 5.05. The standard InChI is InChI=1S/C17H25N/c1-12-10-11-17(16-9-4-3-8-15(12)16)18-13(2)14-6-5-7-14/h3-4,8-9,12-14,17-18H,5-7,10-11H2,1-2H3.